The summed E-state index contributed by atoms with van der Waals surface area (Å²) in [5.41, 5.74) is 0. The Balaban J connectivity index is 0. The summed E-state index contributed by atoms with van der Waals surface area (Å²) < 4.78 is 0.860. The van der Waals surface area contributed by atoms with Crippen LogP contribution in [0.4, 0.5) is 0 Å². The minimum Gasteiger partial charge on any atom is -1.00 e. The molecule has 0 aromatic heterocycles. The molecule has 21 heavy (non-hydrogen) atoms. The molecule has 2 nitrogen and oxygen atoms in total. The quantitative estimate of drug-likeness (QED) is 0.382. The molecule has 0 heterocycles. The molecular weight excluding hydrogens is 282 g/mol. The molecule has 0 saturated heterocycles. The summed E-state index contributed by atoms with van der Waals surface area (Å²) in [5, 5.41) is 9.91. The summed E-state index contributed by atoms with van der Waals surface area (Å²) in [7, 11) is 6.43. The smallest absolute Gasteiger partial charge is 0.104 e. The molecule has 0 aromatic carbocycles. The molecule has 0 aliphatic heterocycles. The van der Waals surface area contributed by atoms with Crippen molar-refractivity contribution in [2.45, 2.75) is 90.1 Å². The molecule has 0 bridgehead atoms. The third kappa shape index (κ3) is 20.2. The van der Waals surface area contributed by atoms with Crippen molar-refractivity contribution in [1.29, 1.82) is 0 Å². The van der Waals surface area contributed by atoms with E-state index in [0.29, 0.717) is 0 Å². The van der Waals surface area contributed by atoms with E-state index in [4.69, 9.17) is 0 Å². The van der Waals surface area contributed by atoms with Gasteiger partial charge < -0.3 is 22.0 Å². The van der Waals surface area contributed by atoms with Crippen molar-refractivity contribution in [2.24, 2.45) is 0 Å². The average Bonchev–Trinajstić information content (AvgIpc) is 2.34. The van der Waals surface area contributed by atoms with Crippen LogP contribution in [0.1, 0.15) is 84.0 Å². The third-order valence-electron chi connectivity index (χ3n) is 3.90. The first-order chi connectivity index (χ1) is 9.45. The van der Waals surface area contributed by atoms with Crippen LogP contribution in [0.25, 0.3) is 0 Å². The Hall–Kier alpha value is 0.210. The molecule has 3 heteroatoms. The fourth-order valence-electron chi connectivity index (χ4n) is 2.77. The van der Waals surface area contributed by atoms with Gasteiger partial charge in [-0.1, -0.05) is 77.6 Å². The predicted molar refractivity (Wildman–Crippen MR) is 90.0 cm³/mol. The number of rotatable bonds is 14. The van der Waals surface area contributed by atoms with Gasteiger partial charge in [-0.05, 0) is 6.42 Å². The van der Waals surface area contributed by atoms with Crippen LogP contribution in [0.5, 0.6) is 0 Å². The first-order valence-electron chi connectivity index (χ1n) is 8.94. The van der Waals surface area contributed by atoms with Crippen molar-refractivity contribution in [3.8, 4) is 0 Å². The standard InChI is InChI=1S/C18H40NO.ClH/c1-5-6-7-8-9-10-11-12-13-14-15-16-18(20)17-19(2,3)4;/h18,20H,5-17H2,1-4H3;1H/q+1;/p-1. The van der Waals surface area contributed by atoms with Crippen LogP contribution in [0.2, 0.25) is 0 Å². The van der Waals surface area contributed by atoms with Crippen LogP contribution in [-0.4, -0.2) is 43.4 Å². The van der Waals surface area contributed by atoms with E-state index in [-0.39, 0.29) is 18.5 Å². The topological polar surface area (TPSA) is 20.2 Å². The number of aliphatic hydroxyl groups is 1. The van der Waals surface area contributed by atoms with E-state index in [9.17, 15) is 5.11 Å². The number of hydrogen-bond donors (Lipinski definition) is 1. The molecule has 1 unspecified atom stereocenters. The maximum atomic E-state index is 9.91. The van der Waals surface area contributed by atoms with Gasteiger partial charge in [0.2, 0.25) is 0 Å². The minimum absolute atomic E-state index is 0. The lowest BCUT2D eigenvalue weighted by molar-refractivity contribution is -0.873. The molecule has 130 valence electrons. The van der Waals surface area contributed by atoms with E-state index >= 15 is 0 Å². The Kier molecular flexibility index (Phi) is 16.9. The van der Waals surface area contributed by atoms with Crippen molar-refractivity contribution >= 4 is 0 Å². The minimum atomic E-state index is -0.117. The number of quaternary nitrogens is 1. The van der Waals surface area contributed by atoms with E-state index in [1.54, 1.807) is 0 Å². The SMILES string of the molecule is CCCCCCCCCCCCCC(O)C[N+](C)(C)C.[Cl-]. The van der Waals surface area contributed by atoms with E-state index in [1.165, 1.54) is 70.6 Å². The highest BCUT2D eigenvalue weighted by molar-refractivity contribution is 4.55. The monoisotopic (exact) mass is 321 g/mol. The van der Waals surface area contributed by atoms with Crippen molar-refractivity contribution < 1.29 is 22.0 Å². The second-order valence-corrected chi connectivity index (χ2v) is 7.45. The van der Waals surface area contributed by atoms with Crippen molar-refractivity contribution in [3.63, 3.8) is 0 Å². The molecule has 0 spiro atoms. The third-order valence-corrected chi connectivity index (χ3v) is 3.90. The zero-order chi connectivity index (χ0) is 15.3. The van der Waals surface area contributed by atoms with Gasteiger partial charge in [0.1, 0.15) is 12.6 Å². The summed E-state index contributed by atoms with van der Waals surface area (Å²) in [6.07, 6.45) is 16.0. The Morgan fingerprint density at radius 2 is 1.10 bits per heavy atom. The summed E-state index contributed by atoms with van der Waals surface area (Å²) in [6.45, 7) is 3.15. The molecule has 1 N–H and O–H groups in total. The summed E-state index contributed by atoms with van der Waals surface area (Å²) in [4.78, 5) is 0. The highest BCUT2D eigenvalue weighted by Crippen LogP contribution is 2.13. The summed E-state index contributed by atoms with van der Waals surface area (Å²) in [6, 6.07) is 0. The molecule has 0 radical (unpaired) electrons. The van der Waals surface area contributed by atoms with E-state index in [1.807, 2.05) is 0 Å². The molecule has 1 atom stereocenters. The van der Waals surface area contributed by atoms with E-state index < -0.39 is 0 Å². The average molecular weight is 322 g/mol. The lowest BCUT2D eigenvalue weighted by Crippen LogP contribution is -3.00. The Bertz CT molecular complexity index is 204. The van der Waals surface area contributed by atoms with Gasteiger partial charge in [-0.25, -0.2) is 0 Å². The van der Waals surface area contributed by atoms with Crippen molar-refractivity contribution in [3.05, 3.63) is 0 Å². The van der Waals surface area contributed by atoms with Gasteiger partial charge in [0.15, 0.2) is 0 Å². The number of likely N-dealkylation sites (N-methyl/N-ethyl adjacent to an activating group) is 1. The van der Waals surface area contributed by atoms with Crippen LogP contribution < -0.4 is 12.4 Å². The molecule has 0 aromatic rings. The van der Waals surface area contributed by atoms with Crippen LogP contribution >= 0.6 is 0 Å². The summed E-state index contributed by atoms with van der Waals surface area (Å²) in [5.74, 6) is 0. The zero-order valence-electron chi connectivity index (χ0n) is 15.0. The predicted octanol–water partition coefficient (Wildman–Crippen LogP) is 1.76. The molecule has 0 rings (SSSR count). The van der Waals surface area contributed by atoms with Gasteiger partial charge in [0, 0.05) is 0 Å². The number of aliphatic hydroxyl groups excluding tert-OH is 1. The van der Waals surface area contributed by atoms with Gasteiger partial charge in [-0.3, -0.25) is 0 Å². The highest BCUT2D eigenvalue weighted by Gasteiger charge is 2.14. The van der Waals surface area contributed by atoms with Crippen LogP contribution in [0.3, 0.4) is 0 Å². The maximum Gasteiger partial charge on any atom is 0.104 e. The molecule has 0 aliphatic carbocycles. The number of hydrogen-bond acceptors (Lipinski definition) is 1. The highest BCUT2D eigenvalue weighted by atomic mass is 35.5. The largest absolute Gasteiger partial charge is 1.00 e. The van der Waals surface area contributed by atoms with E-state index in [0.717, 1.165) is 17.4 Å². The van der Waals surface area contributed by atoms with Crippen LogP contribution in [0, 0.1) is 0 Å². The fourth-order valence-corrected chi connectivity index (χ4v) is 2.77. The van der Waals surface area contributed by atoms with Crippen molar-refractivity contribution in [2.75, 3.05) is 27.7 Å². The Labute approximate surface area is 140 Å². The molecular formula is C18H40ClNO. The van der Waals surface area contributed by atoms with Gasteiger partial charge in [-0.2, -0.15) is 0 Å². The van der Waals surface area contributed by atoms with Crippen molar-refractivity contribution in [1.82, 2.24) is 0 Å². The first kappa shape index (κ1) is 23.5. The molecule has 0 aliphatic rings. The fraction of sp³-hybridized carbons (Fsp3) is 1.00. The second kappa shape index (κ2) is 15.1. The number of halogens is 1. The van der Waals surface area contributed by atoms with Gasteiger partial charge >= 0.3 is 0 Å². The number of nitrogens with zero attached hydrogens (tertiary/aromatic N) is 1. The summed E-state index contributed by atoms with van der Waals surface area (Å²) >= 11 is 0. The zero-order valence-corrected chi connectivity index (χ0v) is 15.8. The molecule has 0 saturated carbocycles. The molecule has 0 fully saturated rings. The number of unbranched alkanes of at least 4 members (excludes halogenated alkanes) is 10. The van der Waals surface area contributed by atoms with E-state index in [2.05, 4.69) is 28.1 Å². The Morgan fingerprint density at radius 1 is 0.714 bits per heavy atom. The second-order valence-electron chi connectivity index (χ2n) is 7.45. The lowest BCUT2D eigenvalue weighted by atomic mass is 10.0. The molecule has 0 amide bonds. The van der Waals surface area contributed by atoms with Crippen LogP contribution in [0.15, 0.2) is 0 Å². The first-order valence-corrected chi connectivity index (χ1v) is 8.94. The van der Waals surface area contributed by atoms with Gasteiger partial charge in [-0.15, -0.1) is 0 Å². The Morgan fingerprint density at radius 3 is 1.48 bits per heavy atom. The maximum absolute atomic E-state index is 9.91. The van der Waals surface area contributed by atoms with Gasteiger partial charge in [0.05, 0.1) is 21.1 Å². The van der Waals surface area contributed by atoms with Crippen LogP contribution in [-0.2, 0) is 0 Å². The lowest BCUT2D eigenvalue weighted by Gasteiger charge is -2.26. The normalized spacial score (nSPS) is 13.0. The van der Waals surface area contributed by atoms with Gasteiger partial charge in [0.25, 0.3) is 0 Å².